The molecule has 1 aromatic heterocycles. The molecule has 0 spiro atoms. The molecule has 0 unspecified atom stereocenters. The van der Waals surface area contributed by atoms with Gasteiger partial charge in [-0.3, -0.25) is 0 Å². The highest BCUT2D eigenvalue weighted by atomic mass is 16.5. The van der Waals surface area contributed by atoms with Crippen molar-refractivity contribution in [3.8, 4) is 18.4 Å². The molecule has 1 N–H and O–H groups in total. The molecule has 4 nitrogen and oxygen atoms in total. The first-order chi connectivity index (χ1) is 7.31. The van der Waals surface area contributed by atoms with Crippen LogP contribution in [0.2, 0.25) is 0 Å². The molecule has 0 aromatic carbocycles. The van der Waals surface area contributed by atoms with Gasteiger partial charge in [0.25, 0.3) is 0 Å². The maximum absolute atomic E-state index is 8.84. The Bertz CT molecular complexity index is 380. The van der Waals surface area contributed by atoms with E-state index in [-0.39, 0.29) is 12.7 Å². The second-order valence-electron chi connectivity index (χ2n) is 3.63. The fourth-order valence-electron chi connectivity index (χ4n) is 1.55. The van der Waals surface area contributed by atoms with Gasteiger partial charge >= 0.3 is 6.01 Å². The summed E-state index contributed by atoms with van der Waals surface area (Å²) < 4.78 is 5.50. The summed E-state index contributed by atoms with van der Waals surface area (Å²) in [6, 6.07) is 1.98. The molecule has 4 heteroatoms. The molecule has 2 rings (SSSR count). The molecule has 0 radical (unpaired) electrons. The van der Waals surface area contributed by atoms with Gasteiger partial charge in [0.1, 0.15) is 11.8 Å². The third-order valence-electron chi connectivity index (χ3n) is 2.50. The predicted molar refractivity (Wildman–Crippen MR) is 54.2 cm³/mol. The summed E-state index contributed by atoms with van der Waals surface area (Å²) in [5.41, 5.74) is 0.526. The minimum atomic E-state index is 0.121. The van der Waals surface area contributed by atoms with Crippen LogP contribution in [0.1, 0.15) is 18.5 Å². The maximum Gasteiger partial charge on any atom is 0.317 e. The first-order valence-corrected chi connectivity index (χ1v) is 4.89. The highest BCUT2D eigenvalue weighted by molar-refractivity contribution is 5.23. The van der Waals surface area contributed by atoms with Gasteiger partial charge in [-0.05, 0) is 30.7 Å². The highest BCUT2D eigenvalue weighted by Crippen LogP contribution is 2.29. The lowest BCUT2D eigenvalue weighted by molar-refractivity contribution is 0.0263. The zero-order valence-corrected chi connectivity index (χ0v) is 8.26. The highest BCUT2D eigenvalue weighted by Gasteiger charge is 2.30. The van der Waals surface area contributed by atoms with E-state index in [1.54, 1.807) is 12.3 Å². The Balaban J connectivity index is 1.92. The van der Waals surface area contributed by atoms with E-state index >= 15 is 0 Å². The molecule has 1 heterocycles. The normalized spacial score (nSPS) is 24.0. The second kappa shape index (κ2) is 4.28. The number of aliphatic hydroxyl groups excluding tert-OH is 1. The number of nitrogens with zero attached hydrogens (tertiary/aromatic N) is 2. The summed E-state index contributed by atoms with van der Waals surface area (Å²) in [6.07, 6.45) is 8.64. The van der Waals surface area contributed by atoms with Crippen molar-refractivity contribution in [3.63, 3.8) is 0 Å². The van der Waals surface area contributed by atoms with Gasteiger partial charge in [-0.2, -0.15) is 4.98 Å². The Kier molecular flexibility index (Phi) is 2.84. The van der Waals surface area contributed by atoms with Crippen molar-refractivity contribution in [3.05, 3.63) is 18.0 Å². The monoisotopic (exact) mass is 204 g/mol. The number of hydrogen-bond acceptors (Lipinski definition) is 4. The van der Waals surface area contributed by atoms with Gasteiger partial charge in [0.05, 0.1) is 0 Å². The van der Waals surface area contributed by atoms with Gasteiger partial charge in [-0.25, -0.2) is 4.98 Å². The molecule has 0 bridgehead atoms. The Morgan fingerprint density at radius 2 is 2.40 bits per heavy atom. The summed E-state index contributed by atoms with van der Waals surface area (Å²) in [5, 5.41) is 8.84. The molecule has 0 aliphatic heterocycles. The molecule has 1 aliphatic rings. The third-order valence-corrected chi connectivity index (χ3v) is 2.50. The summed E-state index contributed by atoms with van der Waals surface area (Å²) in [6.45, 7) is 0.227. The van der Waals surface area contributed by atoms with Gasteiger partial charge in [-0.1, -0.05) is 0 Å². The number of ether oxygens (including phenoxy) is 1. The summed E-state index contributed by atoms with van der Waals surface area (Å²) in [4.78, 5) is 8.00. The van der Waals surface area contributed by atoms with Crippen molar-refractivity contribution in [2.75, 3.05) is 6.61 Å². The van der Waals surface area contributed by atoms with E-state index in [9.17, 15) is 0 Å². The van der Waals surface area contributed by atoms with Crippen molar-refractivity contribution < 1.29 is 9.84 Å². The topological polar surface area (TPSA) is 55.2 Å². The minimum absolute atomic E-state index is 0.121. The standard InChI is InChI=1S/C11H12N2O2/c1-2-9-3-4-12-11(13-9)15-10-5-8(6-10)7-14/h1,3-4,8,10,14H,5-7H2. The van der Waals surface area contributed by atoms with Crippen LogP contribution in [0.4, 0.5) is 0 Å². The largest absolute Gasteiger partial charge is 0.460 e. The number of hydrogen-bond donors (Lipinski definition) is 1. The Morgan fingerprint density at radius 1 is 1.60 bits per heavy atom. The molecule has 1 aliphatic carbocycles. The van der Waals surface area contributed by atoms with E-state index in [2.05, 4.69) is 15.9 Å². The van der Waals surface area contributed by atoms with E-state index in [1.807, 2.05) is 0 Å². The van der Waals surface area contributed by atoms with Crippen LogP contribution >= 0.6 is 0 Å². The summed E-state index contributed by atoms with van der Waals surface area (Å²) >= 11 is 0. The van der Waals surface area contributed by atoms with Gasteiger partial charge in [0.15, 0.2) is 0 Å². The Morgan fingerprint density at radius 3 is 3.07 bits per heavy atom. The van der Waals surface area contributed by atoms with E-state index in [0.29, 0.717) is 17.6 Å². The zero-order chi connectivity index (χ0) is 10.7. The third kappa shape index (κ3) is 2.25. The lowest BCUT2D eigenvalue weighted by Gasteiger charge is -2.33. The average Bonchev–Trinajstić information content (AvgIpc) is 2.23. The molecule has 1 aromatic rings. The zero-order valence-electron chi connectivity index (χ0n) is 8.26. The summed E-state index contributed by atoms with van der Waals surface area (Å²) in [5.74, 6) is 2.79. The SMILES string of the molecule is C#Cc1ccnc(OC2CC(CO)C2)n1. The Labute approximate surface area is 88.3 Å². The first kappa shape index (κ1) is 9.94. The van der Waals surface area contributed by atoms with Crippen LogP contribution in [0.15, 0.2) is 12.3 Å². The van der Waals surface area contributed by atoms with E-state index in [4.69, 9.17) is 16.3 Å². The molecule has 1 saturated carbocycles. The van der Waals surface area contributed by atoms with Crippen molar-refractivity contribution in [2.45, 2.75) is 18.9 Å². The maximum atomic E-state index is 8.84. The summed E-state index contributed by atoms with van der Waals surface area (Å²) in [7, 11) is 0. The molecule has 1 fully saturated rings. The van der Waals surface area contributed by atoms with Crippen LogP contribution in [-0.2, 0) is 0 Å². The molecule has 0 amide bonds. The van der Waals surface area contributed by atoms with Crippen LogP contribution < -0.4 is 4.74 Å². The minimum Gasteiger partial charge on any atom is -0.460 e. The quantitative estimate of drug-likeness (QED) is 0.733. The number of terminal acetylenes is 1. The predicted octanol–water partition coefficient (Wildman–Crippen LogP) is 0.608. The number of aromatic nitrogens is 2. The van der Waals surface area contributed by atoms with Crippen LogP contribution in [0.5, 0.6) is 6.01 Å². The van der Waals surface area contributed by atoms with E-state index in [1.165, 1.54) is 0 Å². The van der Waals surface area contributed by atoms with Crippen LogP contribution in [0.3, 0.4) is 0 Å². The first-order valence-electron chi connectivity index (χ1n) is 4.89. The Hall–Kier alpha value is -1.60. The number of aliphatic hydroxyl groups is 1. The van der Waals surface area contributed by atoms with Crippen molar-refractivity contribution >= 4 is 0 Å². The van der Waals surface area contributed by atoms with Crippen LogP contribution in [0, 0.1) is 18.3 Å². The van der Waals surface area contributed by atoms with Crippen LogP contribution in [-0.4, -0.2) is 27.8 Å². The second-order valence-corrected chi connectivity index (χ2v) is 3.63. The lowest BCUT2D eigenvalue weighted by atomic mass is 9.83. The van der Waals surface area contributed by atoms with Gasteiger partial charge in [0, 0.05) is 12.8 Å². The fourth-order valence-corrected chi connectivity index (χ4v) is 1.55. The van der Waals surface area contributed by atoms with Crippen molar-refractivity contribution in [1.82, 2.24) is 9.97 Å². The van der Waals surface area contributed by atoms with E-state index in [0.717, 1.165) is 12.8 Å². The number of rotatable bonds is 3. The van der Waals surface area contributed by atoms with Gasteiger partial charge in [-0.15, -0.1) is 6.42 Å². The van der Waals surface area contributed by atoms with E-state index < -0.39 is 0 Å². The average molecular weight is 204 g/mol. The van der Waals surface area contributed by atoms with Crippen LogP contribution in [0.25, 0.3) is 0 Å². The molecule has 0 saturated heterocycles. The van der Waals surface area contributed by atoms with Crippen molar-refractivity contribution in [2.24, 2.45) is 5.92 Å². The fraction of sp³-hybridized carbons (Fsp3) is 0.455. The molecule has 0 atom stereocenters. The smallest absolute Gasteiger partial charge is 0.317 e. The molecule has 15 heavy (non-hydrogen) atoms. The molecule has 78 valence electrons. The molecular weight excluding hydrogens is 192 g/mol. The van der Waals surface area contributed by atoms with Gasteiger partial charge in [0.2, 0.25) is 0 Å². The lowest BCUT2D eigenvalue weighted by Crippen LogP contribution is -2.36. The van der Waals surface area contributed by atoms with Crippen molar-refractivity contribution in [1.29, 1.82) is 0 Å². The molecular formula is C11H12N2O2. The van der Waals surface area contributed by atoms with Gasteiger partial charge < -0.3 is 9.84 Å².